The lowest BCUT2D eigenvalue weighted by Gasteiger charge is -2.09. The Labute approximate surface area is 120 Å². The van der Waals surface area contributed by atoms with Crippen LogP contribution in [0.4, 0.5) is 15.8 Å². The first-order valence-corrected chi connectivity index (χ1v) is 6.09. The van der Waals surface area contributed by atoms with E-state index in [4.69, 9.17) is 22.1 Å². The maximum absolute atomic E-state index is 12.9. The molecule has 0 aliphatic heterocycles. The van der Waals surface area contributed by atoms with Crippen LogP contribution in [0, 0.1) is 5.82 Å². The fourth-order valence-corrected chi connectivity index (χ4v) is 1.87. The lowest BCUT2D eigenvalue weighted by molar-refractivity contribution is 0.102. The number of hydrogen-bond donors (Lipinski definition) is 2. The lowest BCUT2D eigenvalue weighted by atomic mass is 10.1. The predicted molar refractivity (Wildman–Crippen MR) is 76.8 cm³/mol. The number of nitrogens with two attached hydrogens (primary N) is 1. The van der Waals surface area contributed by atoms with Gasteiger partial charge in [-0.25, -0.2) is 4.39 Å². The summed E-state index contributed by atoms with van der Waals surface area (Å²) in [5, 5.41) is 3.08. The van der Waals surface area contributed by atoms with Crippen molar-refractivity contribution >= 4 is 28.9 Å². The van der Waals surface area contributed by atoms with Gasteiger partial charge in [-0.2, -0.15) is 0 Å². The number of benzene rings is 2. The maximum Gasteiger partial charge on any atom is 0.257 e. The van der Waals surface area contributed by atoms with Gasteiger partial charge in [0, 0.05) is 17.4 Å². The Balaban J connectivity index is 2.23. The summed E-state index contributed by atoms with van der Waals surface area (Å²) in [5.74, 6) is -0.490. The molecule has 0 saturated heterocycles. The van der Waals surface area contributed by atoms with Crippen LogP contribution in [0.1, 0.15) is 10.4 Å². The molecule has 4 nitrogen and oxygen atoms in total. The summed E-state index contributed by atoms with van der Waals surface area (Å²) in [6.45, 7) is 0. The molecule has 0 atom stereocenters. The summed E-state index contributed by atoms with van der Waals surface area (Å²) < 4.78 is 18.0. The highest BCUT2D eigenvalue weighted by Gasteiger charge is 2.11. The van der Waals surface area contributed by atoms with Gasteiger partial charge in [0.2, 0.25) is 0 Å². The SMILES string of the molecule is COc1cc(NC(=O)c2ccc(F)cc2N)ccc1Cl. The summed E-state index contributed by atoms with van der Waals surface area (Å²) in [7, 11) is 1.48. The second-order valence-corrected chi connectivity index (χ2v) is 4.44. The Kier molecular flexibility index (Phi) is 4.10. The van der Waals surface area contributed by atoms with E-state index in [1.165, 1.54) is 19.2 Å². The quantitative estimate of drug-likeness (QED) is 0.854. The van der Waals surface area contributed by atoms with Gasteiger partial charge in [-0.05, 0) is 30.3 Å². The number of hydrogen-bond acceptors (Lipinski definition) is 3. The molecule has 1 amide bonds. The first kappa shape index (κ1) is 14.1. The van der Waals surface area contributed by atoms with Crippen LogP contribution in [0.5, 0.6) is 5.75 Å². The van der Waals surface area contributed by atoms with Crippen LogP contribution in [0.25, 0.3) is 0 Å². The molecule has 0 spiro atoms. The minimum absolute atomic E-state index is 0.0726. The zero-order valence-electron chi connectivity index (χ0n) is 10.6. The molecule has 2 aromatic carbocycles. The summed E-state index contributed by atoms with van der Waals surface area (Å²) >= 11 is 5.89. The molecule has 0 fully saturated rings. The number of anilines is 2. The molecular weight excluding hydrogens is 283 g/mol. The molecule has 2 aromatic rings. The molecular formula is C14H12ClFN2O2. The van der Waals surface area contributed by atoms with Crippen LogP contribution in [0.15, 0.2) is 36.4 Å². The van der Waals surface area contributed by atoms with Gasteiger partial charge in [0.25, 0.3) is 5.91 Å². The zero-order chi connectivity index (χ0) is 14.7. The Bertz CT molecular complexity index is 662. The van der Waals surface area contributed by atoms with Gasteiger partial charge in [0.1, 0.15) is 11.6 Å². The van der Waals surface area contributed by atoms with E-state index in [0.29, 0.717) is 16.5 Å². The van der Waals surface area contributed by atoms with Crippen LogP contribution in [-0.2, 0) is 0 Å². The molecule has 0 aromatic heterocycles. The number of nitrogen functional groups attached to an aromatic ring is 1. The van der Waals surface area contributed by atoms with Crippen molar-refractivity contribution in [3.63, 3.8) is 0 Å². The number of ether oxygens (including phenoxy) is 1. The second-order valence-electron chi connectivity index (χ2n) is 4.04. The maximum atomic E-state index is 12.9. The van der Waals surface area contributed by atoms with Crippen LogP contribution in [-0.4, -0.2) is 13.0 Å². The first-order chi connectivity index (χ1) is 9.51. The Morgan fingerprint density at radius 3 is 2.70 bits per heavy atom. The average molecular weight is 295 g/mol. The highest BCUT2D eigenvalue weighted by atomic mass is 35.5. The fraction of sp³-hybridized carbons (Fsp3) is 0.0714. The van der Waals surface area contributed by atoms with Crippen molar-refractivity contribution in [1.29, 1.82) is 0 Å². The van der Waals surface area contributed by atoms with E-state index < -0.39 is 11.7 Å². The number of rotatable bonds is 3. The molecule has 0 radical (unpaired) electrons. The van der Waals surface area contributed by atoms with Crippen molar-refractivity contribution < 1.29 is 13.9 Å². The third kappa shape index (κ3) is 3.00. The third-order valence-corrected chi connectivity index (χ3v) is 2.98. The monoisotopic (exact) mass is 294 g/mol. The largest absolute Gasteiger partial charge is 0.495 e. The third-order valence-electron chi connectivity index (χ3n) is 2.67. The number of carbonyl (C=O) groups is 1. The van der Waals surface area contributed by atoms with Gasteiger partial charge in [-0.15, -0.1) is 0 Å². The molecule has 0 bridgehead atoms. The van der Waals surface area contributed by atoms with Crippen molar-refractivity contribution in [2.24, 2.45) is 0 Å². The molecule has 0 unspecified atom stereocenters. The van der Waals surface area contributed by atoms with Crippen molar-refractivity contribution in [3.05, 3.63) is 52.8 Å². The average Bonchev–Trinajstić information content (AvgIpc) is 2.40. The summed E-state index contributed by atoms with van der Waals surface area (Å²) in [6.07, 6.45) is 0. The topological polar surface area (TPSA) is 64.3 Å². The van der Waals surface area contributed by atoms with Crippen molar-refractivity contribution in [3.8, 4) is 5.75 Å². The Hall–Kier alpha value is -2.27. The first-order valence-electron chi connectivity index (χ1n) is 5.71. The number of carbonyl (C=O) groups excluding carboxylic acids is 1. The van der Waals surface area contributed by atoms with E-state index in [-0.39, 0.29) is 11.3 Å². The van der Waals surface area contributed by atoms with E-state index in [1.54, 1.807) is 18.2 Å². The van der Waals surface area contributed by atoms with E-state index in [0.717, 1.165) is 6.07 Å². The minimum atomic E-state index is -0.493. The molecule has 2 rings (SSSR count). The standard InChI is InChI=1S/C14H12ClFN2O2/c1-20-13-7-9(3-5-11(13)15)18-14(19)10-4-2-8(16)6-12(10)17/h2-7H,17H2,1H3,(H,18,19). The van der Waals surface area contributed by atoms with E-state index in [1.807, 2.05) is 0 Å². The van der Waals surface area contributed by atoms with E-state index in [2.05, 4.69) is 5.32 Å². The fourth-order valence-electron chi connectivity index (χ4n) is 1.68. The summed E-state index contributed by atoms with van der Waals surface area (Å²) in [5.41, 5.74) is 6.38. The Morgan fingerprint density at radius 1 is 1.30 bits per heavy atom. The van der Waals surface area contributed by atoms with Crippen LogP contribution in [0.2, 0.25) is 5.02 Å². The van der Waals surface area contributed by atoms with Crippen LogP contribution < -0.4 is 15.8 Å². The number of amides is 1. The number of nitrogens with one attached hydrogen (secondary N) is 1. The van der Waals surface area contributed by atoms with Crippen molar-refractivity contribution in [2.45, 2.75) is 0 Å². The lowest BCUT2D eigenvalue weighted by Crippen LogP contribution is -2.14. The molecule has 0 heterocycles. The molecule has 0 aliphatic rings. The summed E-state index contributed by atoms with van der Waals surface area (Å²) in [6, 6.07) is 8.41. The highest BCUT2D eigenvalue weighted by molar-refractivity contribution is 6.32. The minimum Gasteiger partial charge on any atom is -0.495 e. The van der Waals surface area contributed by atoms with Crippen LogP contribution in [0.3, 0.4) is 0 Å². The molecule has 0 saturated carbocycles. The van der Waals surface area contributed by atoms with Gasteiger partial charge >= 0.3 is 0 Å². The smallest absolute Gasteiger partial charge is 0.257 e. The Morgan fingerprint density at radius 2 is 2.05 bits per heavy atom. The normalized spacial score (nSPS) is 10.2. The van der Waals surface area contributed by atoms with Gasteiger partial charge in [-0.1, -0.05) is 11.6 Å². The zero-order valence-corrected chi connectivity index (χ0v) is 11.4. The van der Waals surface area contributed by atoms with Gasteiger partial charge < -0.3 is 15.8 Å². The van der Waals surface area contributed by atoms with E-state index in [9.17, 15) is 9.18 Å². The second kappa shape index (κ2) is 5.79. The van der Waals surface area contributed by atoms with Gasteiger partial charge in [0.05, 0.1) is 17.7 Å². The van der Waals surface area contributed by atoms with Crippen molar-refractivity contribution in [2.75, 3.05) is 18.2 Å². The molecule has 0 aliphatic carbocycles. The summed E-state index contributed by atoms with van der Waals surface area (Å²) in [4.78, 5) is 12.0. The van der Waals surface area contributed by atoms with Gasteiger partial charge in [-0.3, -0.25) is 4.79 Å². The van der Waals surface area contributed by atoms with Gasteiger partial charge in [0.15, 0.2) is 0 Å². The number of halogens is 2. The highest BCUT2D eigenvalue weighted by Crippen LogP contribution is 2.27. The molecule has 20 heavy (non-hydrogen) atoms. The van der Waals surface area contributed by atoms with E-state index >= 15 is 0 Å². The molecule has 6 heteroatoms. The number of methoxy groups -OCH3 is 1. The molecule has 104 valence electrons. The molecule has 3 N–H and O–H groups in total. The predicted octanol–water partition coefficient (Wildman–Crippen LogP) is 3.32. The van der Waals surface area contributed by atoms with Crippen molar-refractivity contribution in [1.82, 2.24) is 0 Å². The van der Waals surface area contributed by atoms with Crippen LogP contribution >= 0.6 is 11.6 Å².